The Morgan fingerprint density at radius 3 is 2.01 bits per heavy atom. The molecule has 2 aromatic rings. The monoisotopic (exact) mass is 1060 g/mol. The molecule has 0 aliphatic carbocycles. The number of carboxylic acid groups (broad SMARTS) is 1. The van der Waals surface area contributed by atoms with Crippen molar-refractivity contribution in [2.45, 2.75) is 151 Å². The van der Waals surface area contributed by atoms with Crippen molar-refractivity contribution in [1.29, 1.82) is 0 Å². The number of aliphatic hydroxyl groups is 4. The number of ether oxygens (including phenoxy) is 5. The van der Waals surface area contributed by atoms with E-state index in [1.165, 1.54) is 6.42 Å². The third-order valence-electron chi connectivity index (χ3n) is 11.1. The highest BCUT2D eigenvalue weighted by Gasteiger charge is 2.55. The molecule has 2 saturated heterocycles. The van der Waals surface area contributed by atoms with Gasteiger partial charge in [0.05, 0.1) is 24.8 Å². The van der Waals surface area contributed by atoms with Gasteiger partial charge in [0, 0.05) is 17.9 Å². The van der Waals surface area contributed by atoms with E-state index < -0.39 is 142 Å². The maximum absolute atomic E-state index is 13.6. The first-order valence-corrected chi connectivity index (χ1v) is 24.2. The highest BCUT2D eigenvalue weighted by Crippen LogP contribution is 2.47. The van der Waals surface area contributed by atoms with Gasteiger partial charge in [0.25, 0.3) is 5.91 Å². The molecule has 29 heteroatoms. The van der Waals surface area contributed by atoms with Crippen LogP contribution in [0.1, 0.15) is 87.1 Å². The largest absolute Gasteiger partial charge is 0.573 e. The molecule has 12 atom stereocenters. The zero-order valence-electron chi connectivity index (χ0n) is 38.5. The summed E-state index contributed by atoms with van der Waals surface area (Å²) < 4.78 is 129. The molecule has 4 amide bonds. The van der Waals surface area contributed by atoms with Crippen LogP contribution in [-0.4, -0.2) is 148 Å². The number of carbonyl (C=O) groups is 4. The van der Waals surface area contributed by atoms with Gasteiger partial charge >= 0.3 is 32.4 Å². The van der Waals surface area contributed by atoms with E-state index in [-0.39, 0.29) is 12.3 Å². The fraction of sp³-hybridized carbons (Fsp3) is 0.628. The second-order valence-electron chi connectivity index (χ2n) is 16.6. The average molecular weight is 1060 g/mol. The molecular formula is C43H59F6N4O18P. The van der Waals surface area contributed by atoms with Crippen LogP contribution in [0.4, 0.5) is 36.8 Å². The van der Waals surface area contributed by atoms with Gasteiger partial charge in [-0.15, -0.1) is 13.2 Å². The zero-order valence-corrected chi connectivity index (χ0v) is 39.4. The van der Waals surface area contributed by atoms with Gasteiger partial charge in [-0.25, -0.2) is 14.2 Å². The lowest BCUT2D eigenvalue weighted by molar-refractivity contribution is -0.325. The van der Waals surface area contributed by atoms with E-state index in [1.807, 2.05) is 0 Å². The quantitative estimate of drug-likeness (QED) is 0.0345. The molecule has 1 unspecified atom stereocenters. The van der Waals surface area contributed by atoms with Crippen LogP contribution in [-0.2, 0) is 48.3 Å². The first-order valence-electron chi connectivity index (χ1n) is 22.7. The normalized spacial score (nSPS) is 25.9. The Balaban J connectivity index is 1.62. The number of primary amides is 1. The number of halogens is 6. The third kappa shape index (κ3) is 18.6. The summed E-state index contributed by atoms with van der Waals surface area (Å²) in [5, 5.41) is 59.7. The molecule has 2 heterocycles. The summed E-state index contributed by atoms with van der Waals surface area (Å²) in [6.45, 7) is -0.230. The van der Waals surface area contributed by atoms with Gasteiger partial charge in [-0.3, -0.25) is 18.6 Å². The van der Waals surface area contributed by atoms with Gasteiger partial charge in [-0.1, -0.05) is 70.8 Å². The number of carbonyl (C=O) groups excluding carboxylic acids is 3. The molecule has 2 aliphatic heterocycles. The van der Waals surface area contributed by atoms with E-state index in [0.29, 0.717) is 25.0 Å². The Labute approximate surface area is 408 Å². The van der Waals surface area contributed by atoms with Crippen molar-refractivity contribution in [1.82, 2.24) is 10.6 Å². The molecule has 2 aliphatic rings. The second kappa shape index (κ2) is 27.5. The number of amides is 4. The summed E-state index contributed by atoms with van der Waals surface area (Å²) in [7, 11) is -5.70. The van der Waals surface area contributed by atoms with Crippen LogP contribution in [0, 0.1) is 0 Å². The van der Waals surface area contributed by atoms with Crippen molar-refractivity contribution in [3.8, 4) is 5.75 Å². The van der Waals surface area contributed by atoms with Crippen molar-refractivity contribution in [3.05, 3.63) is 59.7 Å². The predicted molar refractivity (Wildman–Crippen MR) is 234 cm³/mol. The van der Waals surface area contributed by atoms with Crippen molar-refractivity contribution in [2.75, 3.05) is 25.1 Å². The van der Waals surface area contributed by atoms with Gasteiger partial charge in [0.2, 0.25) is 5.91 Å². The second-order valence-corrected chi connectivity index (χ2v) is 18.1. The molecule has 406 valence electrons. The van der Waals surface area contributed by atoms with Gasteiger partial charge in [0.1, 0.15) is 42.3 Å². The lowest BCUT2D eigenvalue weighted by Crippen LogP contribution is -2.70. The maximum atomic E-state index is 13.6. The Morgan fingerprint density at radius 1 is 0.819 bits per heavy atom. The number of unbranched alkanes of at least 4 members (excludes halogenated alkanes) is 9. The average Bonchev–Trinajstić information content (AvgIpc) is 3.30. The summed E-state index contributed by atoms with van der Waals surface area (Å²) in [5.41, 5.74) is 3.30. The lowest BCUT2D eigenvalue weighted by atomic mass is 9.94. The topological polar surface area (TPSA) is 333 Å². The number of hydrogen-bond acceptors (Lipinski definition) is 16. The van der Waals surface area contributed by atoms with Crippen molar-refractivity contribution in [3.63, 3.8) is 0 Å². The minimum absolute atomic E-state index is 0.101. The van der Waals surface area contributed by atoms with Crippen LogP contribution in [0.3, 0.4) is 0 Å². The van der Waals surface area contributed by atoms with Crippen molar-refractivity contribution < 1.29 is 113 Å². The SMILES string of the molecule is CCCCCCCCCCCCO[C@H](COP(=O)(O)O[C@H]1O[C@H](C(N)=O)[C@@H](O)[C@H](NC(=O)Nc2ccc(OC(F)(F)F)cc2)[C@H]1O[C@@H]1O[C@H](CO)[C@H](O)[C@H](O)[C@H]1NC(=O)c1cccc(C(F)(F)F)c1)C(=O)O. The van der Waals surface area contributed by atoms with E-state index in [4.69, 9.17) is 33.7 Å². The van der Waals surface area contributed by atoms with E-state index in [1.54, 1.807) is 0 Å². The summed E-state index contributed by atoms with van der Waals surface area (Å²) in [4.78, 5) is 62.6. The summed E-state index contributed by atoms with van der Waals surface area (Å²) in [6.07, 6.45) is -20.2. The number of nitrogens with one attached hydrogen (secondary N) is 3. The molecule has 22 nitrogen and oxygen atoms in total. The Bertz CT molecular complexity index is 2110. The Hall–Kier alpha value is -4.71. The number of aliphatic carboxylic acids is 1. The number of aliphatic hydroxyl groups excluding tert-OH is 4. The summed E-state index contributed by atoms with van der Waals surface area (Å²) >= 11 is 0. The van der Waals surface area contributed by atoms with E-state index in [0.717, 1.165) is 81.3 Å². The van der Waals surface area contributed by atoms with E-state index in [2.05, 4.69) is 27.6 Å². The van der Waals surface area contributed by atoms with Crippen LogP contribution in [0.5, 0.6) is 5.75 Å². The predicted octanol–water partition coefficient (Wildman–Crippen LogP) is 3.81. The Kier molecular flexibility index (Phi) is 22.9. The minimum atomic E-state index is -5.70. The first kappa shape index (κ1) is 59.8. The smallest absolute Gasteiger partial charge is 0.479 e. The molecule has 4 rings (SSSR count). The number of phosphoric acid groups is 1. The number of rotatable bonds is 27. The van der Waals surface area contributed by atoms with E-state index in [9.17, 15) is 80.5 Å². The fourth-order valence-electron chi connectivity index (χ4n) is 7.46. The molecule has 0 spiro atoms. The number of alkyl halides is 6. The molecule has 0 radical (unpaired) electrons. The molecule has 2 fully saturated rings. The minimum Gasteiger partial charge on any atom is -0.479 e. The van der Waals surface area contributed by atoms with Crippen molar-refractivity contribution >= 4 is 37.3 Å². The number of carboxylic acids is 1. The molecule has 0 bridgehead atoms. The maximum Gasteiger partial charge on any atom is 0.573 e. The van der Waals surface area contributed by atoms with Crippen molar-refractivity contribution in [2.24, 2.45) is 5.73 Å². The molecule has 72 heavy (non-hydrogen) atoms. The summed E-state index contributed by atoms with van der Waals surface area (Å²) in [5.74, 6) is -5.19. The Morgan fingerprint density at radius 2 is 1.44 bits per heavy atom. The summed E-state index contributed by atoms with van der Waals surface area (Å²) in [6, 6.07) is 0.712. The molecule has 0 saturated carbocycles. The van der Waals surface area contributed by atoms with Gasteiger partial charge in [-0.2, -0.15) is 13.2 Å². The number of urea groups is 1. The number of phosphoric ester groups is 1. The van der Waals surface area contributed by atoms with Crippen LogP contribution in [0.25, 0.3) is 0 Å². The van der Waals surface area contributed by atoms with Crippen LogP contribution >= 0.6 is 7.82 Å². The third-order valence-corrected chi connectivity index (χ3v) is 12.1. The standard InChI is InChI=1S/C43H59F6N4O18P/c1-2-3-4-5-6-7-8-9-10-11-19-65-28(38(60)61)22-66-72(63,64)71-40-34(29(33(57)35(69-40)36(50)58)53-41(62)51-25-15-17-26(18-16-25)70-43(47,48)49)68-39-30(32(56)31(55)27(21-54)67-39)52-37(59)23-13-12-14-24(20-23)42(44,45)46/h12-18,20,27-35,39-40,54-57H,2-11,19,21-22H2,1H3,(H2,50,58)(H,52,59)(H,60,61)(H,63,64)(H2,51,53,62)/t27-,28-,29+,30-,31+,32-,33+,34-,35+,39+,40-/m1/s1. The van der Waals surface area contributed by atoms with Crippen LogP contribution < -0.4 is 26.4 Å². The number of hydrogen-bond donors (Lipinski definition) is 10. The first-order chi connectivity index (χ1) is 33.8. The highest BCUT2D eigenvalue weighted by molar-refractivity contribution is 7.47. The van der Waals surface area contributed by atoms with Crippen LogP contribution in [0.2, 0.25) is 0 Å². The fourth-order valence-corrected chi connectivity index (χ4v) is 8.27. The van der Waals surface area contributed by atoms with Gasteiger partial charge in [0.15, 0.2) is 24.8 Å². The number of anilines is 1. The van der Waals surface area contributed by atoms with Crippen LogP contribution in [0.15, 0.2) is 48.5 Å². The molecule has 0 aromatic heterocycles. The van der Waals surface area contributed by atoms with Gasteiger partial charge < -0.3 is 75.8 Å². The number of nitrogens with two attached hydrogens (primary N) is 1. The molecular weight excluding hydrogens is 1010 g/mol. The van der Waals surface area contributed by atoms with Gasteiger partial charge in [-0.05, 0) is 48.9 Å². The number of benzene rings is 2. The zero-order chi connectivity index (χ0) is 53.4. The highest BCUT2D eigenvalue weighted by atomic mass is 31.2. The lowest BCUT2D eigenvalue weighted by Gasteiger charge is -2.48. The van der Waals surface area contributed by atoms with E-state index >= 15 is 0 Å². The molecule has 11 N–H and O–H groups in total. The molecule has 2 aromatic carbocycles.